The zero-order chi connectivity index (χ0) is 15.9. The number of hydrogen-bond acceptors (Lipinski definition) is 2. The molecule has 0 radical (unpaired) electrons. The molecule has 2 fully saturated rings. The lowest BCUT2D eigenvalue weighted by atomic mass is 9.65. The van der Waals surface area contributed by atoms with E-state index in [0.29, 0.717) is 36.6 Å². The van der Waals surface area contributed by atoms with E-state index in [9.17, 15) is 14.3 Å². The molecule has 3 nitrogen and oxygen atoms in total. The third-order valence-corrected chi connectivity index (χ3v) is 5.63. The Balaban J connectivity index is 1.71. The Labute approximate surface area is 131 Å². The fraction of sp³-hybridized carbons (Fsp3) is 0.611. The molecule has 1 aliphatic carbocycles. The quantitative estimate of drug-likeness (QED) is 0.912. The van der Waals surface area contributed by atoms with E-state index in [1.807, 2.05) is 6.92 Å². The van der Waals surface area contributed by atoms with Crippen molar-refractivity contribution in [1.82, 2.24) is 4.90 Å². The Morgan fingerprint density at radius 2 is 2.14 bits per heavy atom. The Bertz CT molecular complexity index is 584. The van der Waals surface area contributed by atoms with Crippen molar-refractivity contribution in [1.29, 1.82) is 0 Å². The fourth-order valence-corrected chi connectivity index (χ4v) is 3.80. The first-order valence-electron chi connectivity index (χ1n) is 8.19. The highest BCUT2D eigenvalue weighted by Gasteiger charge is 2.47. The molecular formula is C18H24FNO2. The van der Waals surface area contributed by atoms with E-state index in [2.05, 4.69) is 0 Å². The average molecular weight is 305 g/mol. The minimum atomic E-state index is -0.617. The van der Waals surface area contributed by atoms with Crippen LogP contribution in [0.2, 0.25) is 0 Å². The van der Waals surface area contributed by atoms with Gasteiger partial charge < -0.3 is 10.0 Å². The molecular weight excluding hydrogens is 281 g/mol. The molecule has 1 aliphatic heterocycles. The van der Waals surface area contributed by atoms with Crippen LogP contribution in [0, 0.1) is 24.6 Å². The summed E-state index contributed by atoms with van der Waals surface area (Å²) in [5.41, 5.74) is 0.398. The minimum Gasteiger partial charge on any atom is -0.389 e. The summed E-state index contributed by atoms with van der Waals surface area (Å²) in [5, 5.41) is 10.9. The first-order valence-corrected chi connectivity index (χ1v) is 8.19. The van der Waals surface area contributed by atoms with Crippen molar-refractivity contribution in [3.63, 3.8) is 0 Å². The molecule has 2 atom stereocenters. The highest BCUT2D eigenvalue weighted by Crippen LogP contribution is 2.44. The zero-order valence-electron chi connectivity index (χ0n) is 13.3. The van der Waals surface area contributed by atoms with E-state index in [1.165, 1.54) is 12.5 Å². The third kappa shape index (κ3) is 2.54. The Kier molecular flexibility index (Phi) is 3.98. The van der Waals surface area contributed by atoms with Crippen molar-refractivity contribution in [2.45, 2.75) is 45.1 Å². The zero-order valence-corrected chi connectivity index (χ0v) is 13.3. The van der Waals surface area contributed by atoms with E-state index in [-0.39, 0.29) is 17.6 Å². The minimum absolute atomic E-state index is 0.0643. The maximum atomic E-state index is 13.3. The lowest BCUT2D eigenvalue weighted by Crippen LogP contribution is -2.57. The Morgan fingerprint density at radius 3 is 2.68 bits per heavy atom. The maximum Gasteiger partial charge on any atom is 0.253 e. The van der Waals surface area contributed by atoms with Crippen LogP contribution in [0.5, 0.6) is 0 Å². The normalized spacial score (nSPS) is 29.3. The van der Waals surface area contributed by atoms with E-state index in [0.717, 1.165) is 12.8 Å². The van der Waals surface area contributed by atoms with Crippen LogP contribution in [0.4, 0.5) is 4.39 Å². The molecule has 1 aromatic rings. The van der Waals surface area contributed by atoms with Crippen LogP contribution in [0.15, 0.2) is 18.2 Å². The van der Waals surface area contributed by atoms with Crippen LogP contribution in [0.1, 0.15) is 48.5 Å². The predicted molar refractivity (Wildman–Crippen MR) is 83.1 cm³/mol. The van der Waals surface area contributed by atoms with Gasteiger partial charge in [-0.3, -0.25) is 4.79 Å². The van der Waals surface area contributed by atoms with Crippen LogP contribution in [-0.4, -0.2) is 34.6 Å². The van der Waals surface area contributed by atoms with Gasteiger partial charge in [-0.2, -0.15) is 0 Å². The van der Waals surface area contributed by atoms with Gasteiger partial charge in [-0.15, -0.1) is 0 Å². The second-order valence-electron chi connectivity index (χ2n) is 6.99. The van der Waals surface area contributed by atoms with Crippen molar-refractivity contribution in [3.8, 4) is 0 Å². The second-order valence-corrected chi connectivity index (χ2v) is 6.99. The predicted octanol–water partition coefficient (Wildman–Crippen LogP) is 3.15. The molecule has 2 aliphatic rings. The lowest BCUT2D eigenvalue weighted by Gasteiger charge is -2.50. The van der Waals surface area contributed by atoms with Crippen molar-refractivity contribution in [2.75, 3.05) is 13.1 Å². The molecule has 0 unspecified atom stereocenters. The second kappa shape index (κ2) is 5.65. The molecule has 1 heterocycles. The summed E-state index contributed by atoms with van der Waals surface area (Å²) >= 11 is 0. The fourth-order valence-electron chi connectivity index (χ4n) is 3.80. The van der Waals surface area contributed by atoms with Crippen LogP contribution in [-0.2, 0) is 0 Å². The molecule has 4 heteroatoms. The molecule has 1 saturated heterocycles. The number of carbonyl (C=O) groups excluding carboxylic acids is 1. The van der Waals surface area contributed by atoms with Crippen LogP contribution in [0.3, 0.4) is 0 Å². The van der Waals surface area contributed by atoms with Gasteiger partial charge in [0.05, 0.1) is 5.60 Å². The molecule has 0 bridgehead atoms. The van der Waals surface area contributed by atoms with Gasteiger partial charge in [0.15, 0.2) is 0 Å². The number of amides is 1. The van der Waals surface area contributed by atoms with Gasteiger partial charge in [0, 0.05) is 24.6 Å². The number of benzene rings is 1. The molecule has 1 N–H and O–H groups in total. The van der Waals surface area contributed by atoms with Gasteiger partial charge in [0.1, 0.15) is 5.82 Å². The largest absolute Gasteiger partial charge is 0.389 e. The Morgan fingerprint density at radius 1 is 1.41 bits per heavy atom. The van der Waals surface area contributed by atoms with Crippen LogP contribution >= 0.6 is 0 Å². The van der Waals surface area contributed by atoms with E-state index in [4.69, 9.17) is 0 Å². The van der Waals surface area contributed by atoms with Crippen molar-refractivity contribution >= 4 is 5.91 Å². The number of aliphatic hydroxyl groups is 1. The summed E-state index contributed by atoms with van der Waals surface area (Å²) in [7, 11) is 0. The lowest BCUT2D eigenvalue weighted by molar-refractivity contribution is -0.122. The summed E-state index contributed by atoms with van der Waals surface area (Å²) in [6.07, 6.45) is 4.06. The average Bonchev–Trinajstić information content (AvgIpc) is 2.42. The van der Waals surface area contributed by atoms with Gasteiger partial charge in [-0.1, -0.05) is 13.3 Å². The summed E-state index contributed by atoms with van der Waals surface area (Å²) in [5.74, 6) is 0.124. The van der Waals surface area contributed by atoms with Gasteiger partial charge in [-0.05, 0) is 55.9 Å². The first kappa shape index (κ1) is 15.5. The molecule has 0 spiro atoms. The molecule has 120 valence electrons. The molecule has 1 saturated carbocycles. The number of halogens is 1. The molecule has 3 rings (SSSR count). The summed E-state index contributed by atoms with van der Waals surface area (Å²) < 4.78 is 13.3. The molecule has 22 heavy (non-hydrogen) atoms. The Hall–Kier alpha value is -1.42. The van der Waals surface area contributed by atoms with Gasteiger partial charge in [-0.25, -0.2) is 4.39 Å². The van der Waals surface area contributed by atoms with Crippen LogP contribution in [0.25, 0.3) is 0 Å². The number of nitrogens with zero attached hydrogens (tertiary/aromatic N) is 1. The number of hydrogen-bond donors (Lipinski definition) is 1. The molecule has 0 aromatic heterocycles. The SMILES string of the molecule is Cc1cc(C(=O)N2CC[C@@](O)(C3CCC3)[C@H](C)C2)ccc1F. The van der Waals surface area contributed by atoms with Crippen LogP contribution < -0.4 is 0 Å². The summed E-state index contributed by atoms with van der Waals surface area (Å²) in [4.78, 5) is 14.4. The smallest absolute Gasteiger partial charge is 0.253 e. The van der Waals surface area contributed by atoms with Crippen molar-refractivity contribution in [2.24, 2.45) is 11.8 Å². The first-order chi connectivity index (χ1) is 10.4. The summed E-state index contributed by atoms with van der Waals surface area (Å²) in [6, 6.07) is 4.50. The van der Waals surface area contributed by atoms with Gasteiger partial charge in [0.25, 0.3) is 5.91 Å². The van der Waals surface area contributed by atoms with Crippen molar-refractivity contribution < 1.29 is 14.3 Å². The number of likely N-dealkylation sites (tertiary alicyclic amines) is 1. The maximum absolute atomic E-state index is 13.3. The summed E-state index contributed by atoms with van der Waals surface area (Å²) in [6.45, 7) is 4.85. The van der Waals surface area contributed by atoms with E-state index >= 15 is 0 Å². The van der Waals surface area contributed by atoms with Gasteiger partial charge in [0.2, 0.25) is 0 Å². The molecule has 1 amide bonds. The molecule has 1 aromatic carbocycles. The monoisotopic (exact) mass is 305 g/mol. The van der Waals surface area contributed by atoms with E-state index < -0.39 is 5.60 Å². The van der Waals surface area contributed by atoms with Gasteiger partial charge >= 0.3 is 0 Å². The number of carbonyl (C=O) groups is 1. The van der Waals surface area contributed by atoms with Crippen molar-refractivity contribution in [3.05, 3.63) is 35.1 Å². The highest BCUT2D eigenvalue weighted by atomic mass is 19.1. The highest BCUT2D eigenvalue weighted by molar-refractivity contribution is 5.94. The number of aryl methyl sites for hydroxylation is 1. The standard InChI is InChI=1S/C18H24FNO2/c1-12-10-14(6-7-16(12)19)17(21)20-9-8-18(22,13(2)11-20)15-4-3-5-15/h6-7,10,13,15,22H,3-5,8-9,11H2,1-2H3/t13-,18+/m1/s1. The topological polar surface area (TPSA) is 40.5 Å². The number of piperidine rings is 1. The van der Waals surface area contributed by atoms with E-state index in [1.54, 1.807) is 24.0 Å². The third-order valence-electron chi connectivity index (χ3n) is 5.63. The number of rotatable bonds is 2.